The zero-order chi connectivity index (χ0) is 16.0. The number of hydrogen-bond acceptors (Lipinski definition) is 4. The zero-order valence-electron chi connectivity index (χ0n) is 12.8. The molecule has 1 rings (SSSR count). The molecule has 0 saturated heterocycles. The second-order valence-corrected chi connectivity index (χ2v) is 5.40. The van der Waals surface area contributed by atoms with Gasteiger partial charge in [0.05, 0.1) is 11.4 Å². The van der Waals surface area contributed by atoms with Crippen molar-refractivity contribution in [3.05, 3.63) is 23.5 Å². The van der Waals surface area contributed by atoms with Crippen molar-refractivity contribution in [2.24, 2.45) is 0 Å². The minimum Gasteiger partial charge on any atom is -0.478 e. The fourth-order valence-electron chi connectivity index (χ4n) is 1.94. The Bertz CT molecular complexity index is 492. The van der Waals surface area contributed by atoms with Crippen LogP contribution in [0.2, 0.25) is 0 Å². The van der Waals surface area contributed by atoms with Crippen LogP contribution in [0.3, 0.4) is 0 Å². The quantitative estimate of drug-likeness (QED) is 0.508. The second-order valence-electron chi connectivity index (χ2n) is 5.40. The monoisotopic (exact) mass is 297 g/mol. The van der Waals surface area contributed by atoms with Gasteiger partial charge in [-0.2, -0.15) is 0 Å². The highest BCUT2D eigenvalue weighted by atomic mass is 19.1. The molecule has 0 aliphatic carbocycles. The summed E-state index contributed by atoms with van der Waals surface area (Å²) in [5.41, 5.74) is 5.32. The Morgan fingerprint density at radius 2 is 2.10 bits per heavy atom. The largest absolute Gasteiger partial charge is 0.478 e. The summed E-state index contributed by atoms with van der Waals surface area (Å²) in [6.45, 7) is 5.88. The number of carbonyl (C=O) groups is 1. The van der Waals surface area contributed by atoms with E-state index in [1.54, 1.807) is 0 Å². The minimum absolute atomic E-state index is 0.200. The average molecular weight is 297 g/mol. The highest BCUT2D eigenvalue weighted by Gasteiger charge is 2.17. The van der Waals surface area contributed by atoms with Gasteiger partial charge in [0.2, 0.25) is 0 Å². The molecule has 21 heavy (non-hydrogen) atoms. The highest BCUT2D eigenvalue weighted by Crippen LogP contribution is 2.25. The lowest BCUT2D eigenvalue weighted by atomic mass is 10.1. The fourth-order valence-corrected chi connectivity index (χ4v) is 1.94. The Morgan fingerprint density at radius 3 is 2.67 bits per heavy atom. The molecule has 0 aliphatic rings. The van der Waals surface area contributed by atoms with E-state index in [9.17, 15) is 9.18 Å². The number of carboxylic acids is 1. The number of nitrogens with zero attached hydrogens (tertiary/aromatic N) is 1. The molecule has 0 aliphatic heterocycles. The lowest BCUT2D eigenvalue weighted by Gasteiger charge is -2.20. The predicted molar refractivity (Wildman–Crippen MR) is 83.3 cm³/mol. The van der Waals surface area contributed by atoms with Gasteiger partial charge in [-0.15, -0.1) is 0 Å². The summed E-state index contributed by atoms with van der Waals surface area (Å²) in [6, 6.07) is 3.10. The number of unbranched alkanes of at least 4 members (excludes halogenated alkanes) is 1. The second kappa shape index (κ2) is 7.83. The van der Waals surface area contributed by atoms with Crippen LogP contribution in [0, 0.1) is 5.82 Å². The molecule has 0 bridgehead atoms. The van der Waals surface area contributed by atoms with Crippen LogP contribution in [-0.2, 0) is 0 Å². The average Bonchev–Trinajstić information content (AvgIpc) is 2.41. The first kappa shape index (κ1) is 17.2. The van der Waals surface area contributed by atoms with Crippen LogP contribution in [-0.4, -0.2) is 42.2 Å². The maximum atomic E-state index is 13.3. The molecule has 0 heterocycles. The number of anilines is 2. The van der Waals surface area contributed by atoms with E-state index in [1.807, 2.05) is 0 Å². The number of hydrogen-bond donors (Lipinski definition) is 3. The summed E-state index contributed by atoms with van der Waals surface area (Å²) in [5, 5.41) is 12.1. The van der Waals surface area contributed by atoms with Gasteiger partial charge in [-0.25, -0.2) is 9.18 Å². The first-order valence-electron chi connectivity index (χ1n) is 7.10. The van der Waals surface area contributed by atoms with Crippen molar-refractivity contribution in [1.82, 2.24) is 4.90 Å². The number of carboxylic acid groups (broad SMARTS) is 1. The molecular weight excluding hydrogens is 273 g/mol. The number of nitrogen functional groups attached to an aromatic ring is 1. The van der Waals surface area contributed by atoms with E-state index in [2.05, 4.69) is 31.1 Å². The molecule has 6 heteroatoms. The molecule has 0 atom stereocenters. The van der Waals surface area contributed by atoms with Crippen molar-refractivity contribution in [1.29, 1.82) is 0 Å². The van der Waals surface area contributed by atoms with Crippen LogP contribution >= 0.6 is 0 Å². The fraction of sp³-hybridized carbons (Fsp3) is 0.533. The van der Waals surface area contributed by atoms with Gasteiger partial charge >= 0.3 is 5.97 Å². The third kappa shape index (κ3) is 4.90. The van der Waals surface area contributed by atoms with Crippen molar-refractivity contribution in [3.63, 3.8) is 0 Å². The zero-order valence-corrected chi connectivity index (χ0v) is 12.8. The van der Waals surface area contributed by atoms with Gasteiger partial charge in [0.15, 0.2) is 0 Å². The van der Waals surface area contributed by atoms with E-state index in [0.717, 1.165) is 19.4 Å². The van der Waals surface area contributed by atoms with E-state index < -0.39 is 11.8 Å². The maximum absolute atomic E-state index is 13.3. The summed E-state index contributed by atoms with van der Waals surface area (Å²) in [5.74, 6) is -1.94. The number of nitrogens with two attached hydrogens (primary N) is 1. The van der Waals surface area contributed by atoms with Gasteiger partial charge in [-0.3, -0.25) is 0 Å². The van der Waals surface area contributed by atoms with Crippen molar-refractivity contribution in [3.8, 4) is 0 Å². The third-order valence-corrected chi connectivity index (χ3v) is 3.54. The summed E-state index contributed by atoms with van der Waals surface area (Å²) in [4.78, 5) is 13.4. The summed E-state index contributed by atoms with van der Waals surface area (Å²) in [7, 11) is 2.07. The molecule has 0 amide bonds. The van der Waals surface area contributed by atoms with Crippen LogP contribution in [0.1, 0.15) is 37.0 Å². The van der Waals surface area contributed by atoms with Gasteiger partial charge < -0.3 is 21.1 Å². The summed E-state index contributed by atoms with van der Waals surface area (Å²) in [6.07, 6.45) is 1.90. The van der Waals surface area contributed by atoms with Crippen LogP contribution in [0.25, 0.3) is 0 Å². The molecule has 4 N–H and O–H groups in total. The molecule has 118 valence electrons. The Labute approximate surface area is 124 Å². The number of nitrogens with one attached hydrogen (secondary N) is 1. The number of benzene rings is 1. The minimum atomic E-state index is -1.23. The van der Waals surface area contributed by atoms with Crippen molar-refractivity contribution >= 4 is 17.3 Å². The first-order chi connectivity index (χ1) is 9.84. The summed E-state index contributed by atoms with van der Waals surface area (Å²) < 4.78 is 13.3. The van der Waals surface area contributed by atoms with Gasteiger partial charge in [-0.05, 0) is 52.4 Å². The van der Waals surface area contributed by atoms with E-state index in [0.29, 0.717) is 18.3 Å². The number of halogens is 1. The molecule has 0 fully saturated rings. The highest BCUT2D eigenvalue weighted by molar-refractivity contribution is 6.00. The van der Waals surface area contributed by atoms with Gasteiger partial charge in [0.1, 0.15) is 11.4 Å². The first-order valence-corrected chi connectivity index (χ1v) is 7.10. The van der Waals surface area contributed by atoms with E-state index in [-0.39, 0.29) is 11.3 Å². The van der Waals surface area contributed by atoms with E-state index in [1.165, 1.54) is 12.1 Å². The SMILES string of the molecule is CC(C)N(C)CCCCNc1ccc(F)c(N)c1C(=O)O. The topological polar surface area (TPSA) is 78.6 Å². The Balaban J connectivity index is 2.53. The van der Waals surface area contributed by atoms with Crippen LogP contribution in [0.4, 0.5) is 15.8 Å². The Hall–Kier alpha value is -1.82. The predicted octanol–water partition coefficient (Wildman–Crippen LogP) is 2.64. The number of aromatic carboxylic acids is 1. The van der Waals surface area contributed by atoms with Crippen molar-refractivity contribution < 1.29 is 14.3 Å². The third-order valence-electron chi connectivity index (χ3n) is 3.54. The molecule has 1 aromatic carbocycles. The Kier molecular flexibility index (Phi) is 6.42. The van der Waals surface area contributed by atoms with Crippen LogP contribution in [0.15, 0.2) is 12.1 Å². The standard InChI is InChI=1S/C15H24FN3O2/c1-10(2)19(3)9-5-4-8-18-12-7-6-11(16)14(17)13(12)15(20)21/h6-7,10,18H,4-5,8-9,17H2,1-3H3,(H,20,21). The molecule has 0 radical (unpaired) electrons. The molecule has 5 nitrogen and oxygen atoms in total. The molecule has 0 saturated carbocycles. The molecular formula is C15H24FN3O2. The van der Waals surface area contributed by atoms with E-state index in [4.69, 9.17) is 10.8 Å². The molecule has 0 spiro atoms. The van der Waals surface area contributed by atoms with Gasteiger partial charge in [0, 0.05) is 12.6 Å². The maximum Gasteiger partial charge on any atom is 0.340 e. The van der Waals surface area contributed by atoms with Crippen molar-refractivity contribution in [2.45, 2.75) is 32.7 Å². The summed E-state index contributed by atoms with van der Waals surface area (Å²) >= 11 is 0. The molecule has 0 unspecified atom stereocenters. The molecule has 0 aromatic heterocycles. The van der Waals surface area contributed by atoms with Crippen LogP contribution in [0.5, 0.6) is 0 Å². The number of rotatable bonds is 8. The van der Waals surface area contributed by atoms with Crippen molar-refractivity contribution in [2.75, 3.05) is 31.2 Å². The Morgan fingerprint density at radius 1 is 1.43 bits per heavy atom. The van der Waals surface area contributed by atoms with E-state index >= 15 is 0 Å². The smallest absolute Gasteiger partial charge is 0.340 e. The lowest BCUT2D eigenvalue weighted by Crippen LogP contribution is -2.27. The van der Waals surface area contributed by atoms with Gasteiger partial charge in [-0.1, -0.05) is 0 Å². The molecule has 1 aromatic rings. The lowest BCUT2D eigenvalue weighted by molar-refractivity contribution is 0.0698. The van der Waals surface area contributed by atoms with Crippen LogP contribution < -0.4 is 11.1 Å². The normalized spacial score (nSPS) is 11.1. The van der Waals surface area contributed by atoms with Gasteiger partial charge in [0.25, 0.3) is 0 Å².